The van der Waals surface area contributed by atoms with E-state index in [-0.39, 0.29) is 36.5 Å². The molecule has 8 N–H and O–H groups in total. The molecule has 0 spiro atoms. The summed E-state index contributed by atoms with van der Waals surface area (Å²) in [4.78, 5) is 24.2. The first-order valence-electron chi connectivity index (χ1n) is 9.24. The number of rotatable bonds is 9. The van der Waals surface area contributed by atoms with Crippen molar-refractivity contribution in [2.45, 2.75) is 26.2 Å². The van der Waals surface area contributed by atoms with Crippen LogP contribution in [0.2, 0.25) is 0 Å². The summed E-state index contributed by atoms with van der Waals surface area (Å²) >= 11 is 0. The molecule has 0 saturated heterocycles. The molecule has 0 bridgehead atoms. The van der Waals surface area contributed by atoms with Gasteiger partial charge < -0.3 is 27.0 Å². The fourth-order valence-corrected chi connectivity index (χ4v) is 2.48. The lowest BCUT2D eigenvalue weighted by Crippen LogP contribution is -2.38. The van der Waals surface area contributed by atoms with Crippen LogP contribution < -0.4 is 27.3 Å². The summed E-state index contributed by atoms with van der Waals surface area (Å²) in [7, 11) is 0. The number of unbranched alkanes of at least 4 members (excludes halogenated alkanes) is 1. The van der Waals surface area contributed by atoms with Crippen molar-refractivity contribution in [1.82, 2.24) is 15.3 Å². The molecule has 0 atom stereocenters. The highest BCUT2D eigenvalue weighted by molar-refractivity contribution is 6.06. The van der Waals surface area contributed by atoms with E-state index in [0.717, 1.165) is 25.0 Å². The summed E-state index contributed by atoms with van der Waals surface area (Å²) in [6.07, 6.45) is 2.61. The number of hydrogen-bond acceptors (Lipinski definition) is 8. The predicted molar refractivity (Wildman–Crippen MR) is 112 cm³/mol. The van der Waals surface area contributed by atoms with Gasteiger partial charge in [-0.2, -0.15) is 0 Å². The SMILES string of the molecule is Cc1nc(C(=O)NC(N)=NCCCCc2ccc(OCCO)cc2)c(N)nc1N. The molecule has 0 aliphatic heterocycles. The van der Waals surface area contributed by atoms with E-state index in [1.54, 1.807) is 6.92 Å². The minimum absolute atomic E-state index is 0.00365. The number of nitrogen functional groups attached to an aromatic ring is 2. The lowest BCUT2D eigenvalue weighted by molar-refractivity contribution is 0.0972. The third kappa shape index (κ3) is 6.92. The van der Waals surface area contributed by atoms with Crippen LogP contribution in [0.4, 0.5) is 11.6 Å². The van der Waals surface area contributed by atoms with Crippen LogP contribution in [0.1, 0.15) is 34.6 Å². The molecule has 1 aromatic heterocycles. The van der Waals surface area contributed by atoms with Crippen LogP contribution in [0.15, 0.2) is 29.3 Å². The van der Waals surface area contributed by atoms with E-state index in [9.17, 15) is 4.79 Å². The van der Waals surface area contributed by atoms with Gasteiger partial charge in [0.15, 0.2) is 17.5 Å². The average molecular weight is 401 g/mol. The summed E-state index contributed by atoms with van der Waals surface area (Å²) in [5, 5.41) is 11.2. The van der Waals surface area contributed by atoms with E-state index in [1.165, 1.54) is 5.56 Å². The van der Waals surface area contributed by atoms with E-state index < -0.39 is 5.91 Å². The molecule has 10 heteroatoms. The third-order valence-electron chi connectivity index (χ3n) is 4.03. The van der Waals surface area contributed by atoms with E-state index in [1.807, 2.05) is 24.3 Å². The number of ether oxygens (including phenoxy) is 1. The molecule has 0 fully saturated rings. The van der Waals surface area contributed by atoms with Crippen molar-refractivity contribution in [3.63, 3.8) is 0 Å². The number of amides is 1. The number of carbonyl (C=O) groups excluding carboxylic acids is 1. The molecule has 0 saturated carbocycles. The van der Waals surface area contributed by atoms with Crippen LogP contribution in [-0.4, -0.2) is 46.7 Å². The van der Waals surface area contributed by atoms with Gasteiger partial charge in [-0.25, -0.2) is 9.97 Å². The van der Waals surface area contributed by atoms with Crippen molar-refractivity contribution in [1.29, 1.82) is 0 Å². The molecule has 1 heterocycles. The quantitative estimate of drug-likeness (QED) is 0.228. The van der Waals surface area contributed by atoms with Gasteiger partial charge in [0.2, 0.25) is 0 Å². The van der Waals surface area contributed by atoms with Crippen molar-refractivity contribution in [2.75, 3.05) is 31.2 Å². The third-order valence-corrected chi connectivity index (χ3v) is 4.03. The zero-order chi connectivity index (χ0) is 21.2. The number of aryl methyl sites for hydroxylation is 2. The number of nitrogens with one attached hydrogen (secondary N) is 1. The summed E-state index contributed by atoms with van der Waals surface area (Å²) in [6, 6.07) is 7.74. The number of aliphatic imine (C=N–C) groups is 1. The molecule has 10 nitrogen and oxygen atoms in total. The minimum atomic E-state index is -0.581. The first-order chi connectivity index (χ1) is 13.9. The van der Waals surface area contributed by atoms with Crippen molar-refractivity contribution < 1.29 is 14.6 Å². The molecule has 156 valence electrons. The molecule has 1 aromatic carbocycles. The van der Waals surface area contributed by atoms with E-state index in [0.29, 0.717) is 12.2 Å². The molecule has 2 rings (SSSR count). The molecule has 0 unspecified atom stereocenters. The van der Waals surface area contributed by atoms with Crippen LogP contribution in [0.5, 0.6) is 5.75 Å². The summed E-state index contributed by atoms with van der Waals surface area (Å²) in [5.41, 5.74) is 18.6. The second-order valence-electron chi connectivity index (χ2n) is 6.32. The predicted octanol–water partition coefficient (Wildman–Crippen LogP) is 0.388. The first-order valence-corrected chi connectivity index (χ1v) is 9.24. The van der Waals surface area contributed by atoms with Crippen LogP contribution >= 0.6 is 0 Å². The van der Waals surface area contributed by atoms with Gasteiger partial charge in [-0.3, -0.25) is 15.1 Å². The normalized spacial score (nSPS) is 11.3. The molecule has 1 amide bonds. The number of benzene rings is 1. The fraction of sp³-hybridized carbons (Fsp3) is 0.368. The van der Waals surface area contributed by atoms with E-state index in [4.69, 9.17) is 27.0 Å². The van der Waals surface area contributed by atoms with E-state index >= 15 is 0 Å². The van der Waals surface area contributed by atoms with Gasteiger partial charge >= 0.3 is 0 Å². The number of guanidine groups is 1. The zero-order valence-corrected chi connectivity index (χ0v) is 16.4. The number of nitrogens with two attached hydrogens (primary N) is 3. The number of aliphatic hydroxyl groups excluding tert-OH is 1. The van der Waals surface area contributed by atoms with Crippen LogP contribution in [0, 0.1) is 6.92 Å². The Bertz CT molecular complexity index is 854. The Morgan fingerprint density at radius 3 is 2.59 bits per heavy atom. The summed E-state index contributed by atoms with van der Waals surface area (Å²) in [6.45, 7) is 2.39. The van der Waals surface area contributed by atoms with Gasteiger partial charge in [0.25, 0.3) is 5.91 Å². The van der Waals surface area contributed by atoms with E-state index in [2.05, 4.69) is 20.3 Å². The maximum atomic E-state index is 12.2. The molecule has 2 aromatic rings. The maximum absolute atomic E-state index is 12.2. The summed E-state index contributed by atoms with van der Waals surface area (Å²) in [5.74, 6) is 0.260. The Morgan fingerprint density at radius 2 is 1.90 bits per heavy atom. The van der Waals surface area contributed by atoms with Crippen LogP contribution in [0.3, 0.4) is 0 Å². The second kappa shape index (κ2) is 10.8. The smallest absolute Gasteiger partial charge is 0.280 e. The number of anilines is 2. The molecular formula is C19H27N7O3. The highest BCUT2D eigenvalue weighted by atomic mass is 16.5. The highest BCUT2D eigenvalue weighted by Crippen LogP contribution is 2.14. The number of nitrogens with zero attached hydrogens (tertiary/aromatic N) is 3. The Kier molecular flexibility index (Phi) is 8.16. The minimum Gasteiger partial charge on any atom is -0.491 e. The molecular weight excluding hydrogens is 374 g/mol. The number of carbonyl (C=O) groups is 1. The Morgan fingerprint density at radius 1 is 1.17 bits per heavy atom. The standard InChI is InChI=1S/C19H27N7O3/c1-12-16(20)25-17(21)15(24-12)18(28)26-19(22)23-9-3-2-4-13-5-7-14(8-6-13)29-11-10-27/h5-8,27H,2-4,9-11H2,1H3,(H4,20,21,25)(H3,22,23,26,28). The Hall–Kier alpha value is -3.40. The number of aromatic nitrogens is 2. The number of hydrogen-bond donors (Lipinski definition) is 5. The molecule has 29 heavy (non-hydrogen) atoms. The molecule has 0 radical (unpaired) electrons. The Labute approximate surface area is 169 Å². The number of aliphatic hydroxyl groups is 1. The molecule has 0 aliphatic rings. The lowest BCUT2D eigenvalue weighted by atomic mass is 10.1. The van der Waals surface area contributed by atoms with Gasteiger partial charge in [0.1, 0.15) is 18.2 Å². The maximum Gasteiger partial charge on any atom is 0.280 e. The first kappa shape index (κ1) is 21.9. The van der Waals surface area contributed by atoms with Gasteiger partial charge in [0.05, 0.1) is 12.3 Å². The average Bonchev–Trinajstić information content (AvgIpc) is 2.69. The highest BCUT2D eigenvalue weighted by Gasteiger charge is 2.15. The second-order valence-corrected chi connectivity index (χ2v) is 6.32. The summed E-state index contributed by atoms with van der Waals surface area (Å²) < 4.78 is 5.32. The van der Waals surface area contributed by atoms with Crippen molar-refractivity contribution in [3.8, 4) is 5.75 Å². The van der Waals surface area contributed by atoms with Gasteiger partial charge in [-0.05, 0) is 43.9 Å². The van der Waals surface area contributed by atoms with Crippen LogP contribution in [-0.2, 0) is 6.42 Å². The van der Waals surface area contributed by atoms with Gasteiger partial charge in [0, 0.05) is 6.54 Å². The molecule has 0 aliphatic carbocycles. The zero-order valence-electron chi connectivity index (χ0n) is 16.4. The topological polar surface area (TPSA) is 175 Å². The fourth-order valence-electron chi connectivity index (χ4n) is 2.48. The van der Waals surface area contributed by atoms with Crippen molar-refractivity contribution in [2.24, 2.45) is 10.7 Å². The lowest BCUT2D eigenvalue weighted by Gasteiger charge is -2.08. The van der Waals surface area contributed by atoms with Crippen molar-refractivity contribution in [3.05, 3.63) is 41.2 Å². The van der Waals surface area contributed by atoms with Gasteiger partial charge in [-0.1, -0.05) is 12.1 Å². The van der Waals surface area contributed by atoms with Gasteiger partial charge in [-0.15, -0.1) is 0 Å². The monoisotopic (exact) mass is 401 g/mol. The van der Waals surface area contributed by atoms with Crippen molar-refractivity contribution >= 4 is 23.5 Å². The van der Waals surface area contributed by atoms with Crippen LogP contribution in [0.25, 0.3) is 0 Å². The Balaban J connectivity index is 1.74. The largest absolute Gasteiger partial charge is 0.491 e.